The van der Waals surface area contributed by atoms with Crippen LogP contribution in [0.1, 0.15) is 22.8 Å². The molecule has 0 unspecified atom stereocenters. The minimum Gasteiger partial charge on any atom is -0.478 e. The van der Waals surface area contributed by atoms with E-state index in [1.807, 2.05) is 6.07 Å². The summed E-state index contributed by atoms with van der Waals surface area (Å²) in [7, 11) is 0. The smallest absolute Gasteiger partial charge is 0.335 e. The second-order valence-corrected chi connectivity index (χ2v) is 3.97. The van der Waals surface area contributed by atoms with Crippen LogP contribution in [0, 0.1) is 0 Å². The average Bonchev–Trinajstić information content (AvgIpc) is 2.49. The maximum Gasteiger partial charge on any atom is 0.335 e. The molecule has 0 fully saturated rings. The number of anilines is 1. The SMILES string of the molecule is CCN1CCNc2cc(C(=O)O)ccc2C1. The van der Waals surface area contributed by atoms with Crippen LogP contribution in [0.25, 0.3) is 0 Å². The number of carbonyl (C=O) groups is 1. The molecule has 1 aromatic carbocycles. The van der Waals surface area contributed by atoms with Gasteiger partial charge >= 0.3 is 5.97 Å². The summed E-state index contributed by atoms with van der Waals surface area (Å²) in [5, 5.41) is 12.2. The number of carboxylic acids is 1. The molecular formula is C12H16N2O2. The first-order chi connectivity index (χ1) is 7.70. The lowest BCUT2D eigenvalue weighted by atomic mass is 10.1. The fourth-order valence-corrected chi connectivity index (χ4v) is 1.95. The summed E-state index contributed by atoms with van der Waals surface area (Å²) in [4.78, 5) is 13.2. The first-order valence-corrected chi connectivity index (χ1v) is 5.53. The van der Waals surface area contributed by atoms with Crippen LogP contribution in [0.3, 0.4) is 0 Å². The van der Waals surface area contributed by atoms with E-state index >= 15 is 0 Å². The highest BCUT2D eigenvalue weighted by molar-refractivity contribution is 5.89. The van der Waals surface area contributed by atoms with Gasteiger partial charge in [0.25, 0.3) is 0 Å². The molecule has 4 heteroatoms. The normalized spacial score (nSPS) is 16.1. The highest BCUT2D eigenvalue weighted by Crippen LogP contribution is 2.21. The largest absolute Gasteiger partial charge is 0.478 e. The molecule has 1 aromatic rings. The van der Waals surface area contributed by atoms with Crippen LogP contribution in [0.5, 0.6) is 0 Å². The molecule has 16 heavy (non-hydrogen) atoms. The summed E-state index contributed by atoms with van der Waals surface area (Å²) in [5.41, 5.74) is 2.47. The molecule has 0 aliphatic carbocycles. The molecule has 0 atom stereocenters. The zero-order valence-electron chi connectivity index (χ0n) is 9.36. The highest BCUT2D eigenvalue weighted by atomic mass is 16.4. The first kappa shape index (κ1) is 11.0. The lowest BCUT2D eigenvalue weighted by molar-refractivity contribution is 0.0697. The quantitative estimate of drug-likeness (QED) is 0.795. The zero-order chi connectivity index (χ0) is 11.5. The van der Waals surface area contributed by atoms with Crippen LogP contribution in [-0.2, 0) is 6.54 Å². The minimum atomic E-state index is -0.874. The monoisotopic (exact) mass is 220 g/mol. The van der Waals surface area contributed by atoms with Crippen molar-refractivity contribution in [3.8, 4) is 0 Å². The molecule has 1 aliphatic rings. The number of hydrogen-bond acceptors (Lipinski definition) is 3. The summed E-state index contributed by atoms with van der Waals surface area (Å²) in [6.45, 7) is 5.90. The second-order valence-electron chi connectivity index (χ2n) is 3.97. The maximum absolute atomic E-state index is 10.9. The van der Waals surface area contributed by atoms with Crippen LogP contribution in [-0.4, -0.2) is 35.6 Å². The van der Waals surface area contributed by atoms with Gasteiger partial charge in [-0.15, -0.1) is 0 Å². The summed E-state index contributed by atoms with van der Waals surface area (Å²) in [5.74, 6) is -0.874. The molecule has 0 radical (unpaired) electrons. The van der Waals surface area contributed by atoms with Gasteiger partial charge in [-0.05, 0) is 24.2 Å². The van der Waals surface area contributed by atoms with Crippen molar-refractivity contribution < 1.29 is 9.90 Å². The molecule has 0 spiro atoms. The Kier molecular flexibility index (Phi) is 3.10. The van der Waals surface area contributed by atoms with E-state index in [9.17, 15) is 4.79 Å². The van der Waals surface area contributed by atoms with Crippen LogP contribution < -0.4 is 5.32 Å². The van der Waals surface area contributed by atoms with Gasteiger partial charge < -0.3 is 10.4 Å². The number of rotatable bonds is 2. The van der Waals surface area contributed by atoms with Gasteiger partial charge in [-0.3, -0.25) is 4.90 Å². The standard InChI is InChI=1S/C12H16N2O2/c1-2-14-6-5-13-11-7-9(12(15)16)3-4-10(11)8-14/h3-4,7,13H,2,5-6,8H2,1H3,(H,15,16). The summed E-state index contributed by atoms with van der Waals surface area (Å²) < 4.78 is 0. The second kappa shape index (κ2) is 4.53. The lowest BCUT2D eigenvalue weighted by Crippen LogP contribution is -2.25. The number of likely N-dealkylation sites (N-methyl/N-ethyl adjacent to an activating group) is 1. The molecule has 86 valence electrons. The molecule has 2 rings (SSSR count). The fraction of sp³-hybridized carbons (Fsp3) is 0.417. The molecule has 0 amide bonds. The van der Waals surface area contributed by atoms with E-state index in [0.717, 1.165) is 31.9 Å². The third kappa shape index (κ3) is 2.17. The molecule has 0 aromatic heterocycles. The van der Waals surface area contributed by atoms with E-state index in [0.29, 0.717) is 5.56 Å². The van der Waals surface area contributed by atoms with Gasteiger partial charge in [0.15, 0.2) is 0 Å². The van der Waals surface area contributed by atoms with Crippen LogP contribution in [0.2, 0.25) is 0 Å². The van der Waals surface area contributed by atoms with Crippen molar-refractivity contribution in [2.75, 3.05) is 25.0 Å². The molecule has 0 saturated heterocycles. The van der Waals surface area contributed by atoms with E-state index in [-0.39, 0.29) is 0 Å². The van der Waals surface area contributed by atoms with Crippen molar-refractivity contribution in [1.82, 2.24) is 4.90 Å². The molecule has 0 bridgehead atoms. The molecular weight excluding hydrogens is 204 g/mol. The molecule has 4 nitrogen and oxygen atoms in total. The number of aromatic carboxylic acids is 1. The Morgan fingerprint density at radius 3 is 3.06 bits per heavy atom. The Balaban J connectivity index is 2.30. The summed E-state index contributed by atoms with van der Waals surface area (Å²) in [6, 6.07) is 5.29. The molecule has 0 saturated carbocycles. The first-order valence-electron chi connectivity index (χ1n) is 5.53. The number of benzene rings is 1. The van der Waals surface area contributed by atoms with Gasteiger partial charge in [-0.25, -0.2) is 4.79 Å². The topological polar surface area (TPSA) is 52.6 Å². The number of hydrogen-bond donors (Lipinski definition) is 2. The van der Waals surface area contributed by atoms with Crippen molar-refractivity contribution in [3.63, 3.8) is 0 Å². The zero-order valence-corrected chi connectivity index (χ0v) is 9.36. The van der Waals surface area contributed by atoms with Crippen molar-refractivity contribution in [1.29, 1.82) is 0 Å². The minimum absolute atomic E-state index is 0.344. The average molecular weight is 220 g/mol. The Bertz CT molecular complexity index is 404. The highest BCUT2D eigenvalue weighted by Gasteiger charge is 2.14. The van der Waals surface area contributed by atoms with Gasteiger partial charge in [-0.2, -0.15) is 0 Å². The summed E-state index contributed by atoms with van der Waals surface area (Å²) in [6.07, 6.45) is 0. The van der Waals surface area contributed by atoms with Crippen molar-refractivity contribution in [3.05, 3.63) is 29.3 Å². The van der Waals surface area contributed by atoms with E-state index in [2.05, 4.69) is 17.1 Å². The van der Waals surface area contributed by atoms with Gasteiger partial charge in [-0.1, -0.05) is 13.0 Å². The van der Waals surface area contributed by atoms with Crippen molar-refractivity contribution in [2.24, 2.45) is 0 Å². The predicted octanol–water partition coefficient (Wildman–Crippen LogP) is 1.63. The molecule has 2 N–H and O–H groups in total. The molecule has 1 aliphatic heterocycles. The van der Waals surface area contributed by atoms with Crippen molar-refractivity contribution in [2.45, 2.75) is 13.5 Å². The third-order valence-corrected chi connectivity index (χ3v) is 2.94. The Labute approximate surface area is 94.9 Å². The van der Waals surface area contributed by atoms with Gasteiger partial charge in [0, 0.05) is 25.3 Å². The van der Waals surface area contributed by atoms with Crippen LogP contribution >= 0.6 is 0 Å². The Morgan fingerprint density at radius 2 is 2.38 bits per heavy atom. The number of carboxylic acid groups (broad SMARTS) is 1. The number of nitrogens with one attached hydrogen (secondary N) is 1. The Hall–Kier alpha value is -1.55. The fourth-order valence-electron chi connectivity index (χ4n) is 1.95. The van der Waals surface area contributed by atoms with Gasteiger partial charge in [0.2, 0.25) is 0 Å². The number of nitrogens with zero attached hydrogens (tertiary/aromatic N) is 1. The van der Waals surface area contributed by atoms with E-state index in [1.165, 1.54) is 5.56 Å². The molecule has 1 heterocycles. The van der Waals surface area contributed by atoms with E-state index in [1.54, 1.807) is 12.1 Å². The Morgan fingerprint density at radius 1 is 1.56 bits per heavy atom. The van der Waals surface area contributed by atoms with E-state index in [4.69, 9.17) is 5.11 Å². The number of fused-ring (bicyclic) bond motifs is 1. The van der Waals surface area contributed by atoms with Gasteiger partial charge in [0.05, 0.1) is 5.56 Å². The third-order valence-electron chi connectivity index (χ3n) is 2.94. The van der Waals surface area contributed by atoms with E-state index < -0.39 is 5.97 Å². The summed E-state index contributed by atoms with van der Waals surface area (Å²) >= 11 is 0. The van der Waals surface area contributed by atoms with Gasteiger partial charge in [0.1, 0.15) is 0 Å². The van der Waals surface area contributed by atoms with Crippen LogP contribution in [0.4, 0.5) is 5.69 Å². The lowest BCUT2D eigenvalue weighted by Gasteiger charge is -2.16. The maximum atomic E-state index is 10.9. The predicted molar refractivity (Wildman–Crippen MR) is 62.8 cm³/mol. The van der Waals surface area contributed by atoms with Crippen molar-refractivity contribution >= 4 is 11.7 Å². The van der Waals surface area contributed by atoms with Crippen LogP contribution in [0.15, 0.2) is 18.2 Å².